The Bertz CT molecular complexity index is 809. The number of aromatic nitrogens is 1. The van der Waals surface area contributed by atoms with E-state index in [1.807, 2.05) is 0 Å². The summed E-state index contributed by atoms with van der Waals surface area (Å²) in [6.07, 6.45) is 1.31. The number of halogens is 2. The molecule has 1 aromatic heterocycles. The molecule has 0 atom stereocenters. The molecular formula is C12H8Br2N2O4S. The molecule has 2 N–H and O–H groups in total. The summed E-state index contributed by atoms with van der Waals surface area (Å²) in [6.45, 7) is 0. The van der Waals surface area contributed by atoms with Crippen molar-refractivity contribution in [3.63, 3.8) is 0 Å². The van der Waals surface area contributed by atoms with Gasteiger partial charge in [0.1, 0.15) is 10.5 Å². The van der Waals surface area contributed by atoms with Crippen molar-refractivity contribution in [2.75, 3.05) is 4.72 Å². The summed E-state index contributed by atoms with van der Waals surface area (Å²) >= 11 is 6.38. The molecular weight excluding hydrogens is 428 g/mol. The first-order valence-corrected chi connectivity index (χ1v) is 8.54. The summed E-state index contributed by atoms with van der Waals surface area (Å²) in [5, 5.41) is 9.03. The molecule has 0 bridgehead atoms. The van der Waals surface area contributed by atoms with Gasteiger partial charge >= 0.3 is 5.97 Å². The highest BCUT2D eigenvalue weighted by Crippen LogP contribution is 2.27. The van der Waals surface area contributed by atoms with Crippen LogP contribution in [-0.4, -0.2) is 24.5 Å². The molecule has 0 radical (unpaired) electrons. The smallest absolute Gasteiger partial charge is 0.339 e. The average molecular weight is 436 g/mol. The number of hydrogen-bond donors (Lipinski definition) is 2. The number of nitrogens with one attached hydrogen (secondary N) is 1. The highest BCUT2D eigenvalue weighted by molar-refractivity contribution is 9.11. The van der Waals surface area contributed by atoms with E-state index in [-0.39, 0.29) is 16.3 Å². The molecule has 0 saturated carbocycles. The van der Waals surface area contributed by atoms with Crippen LogP contribution in [-0.2, 0) is 10.0 Å². The maximum atomic E-state index is 12.3. The molecule has 0 spiro atoms. The zero-order valence-electron chi connectivity index (χ0n) is 10.2. The van der Waals surface area contributed by atoms with E-state index in [0.717, 1.165) is 0 Å². The molecule has 110 valence electrons. The average Bonchev–Trinajstić information content (AvgIpc) is 2.37. The van der Waals surface area contributed by atoms with Crippen LogP contribution in [0.3, 0.4) is 0 Å². The second kappa shape index (κ2) is 6.12. The maximum absolute atomic E-state index is 12.3. The van der Waals surface area contributed by atoms with Gasteiger partial charge in [-0.05, 0) is 46.3 Å². The summed E-state index contributed by atoms with van der Waals surface area (Å²) < 4.78 is 27.9. The van der Waals surface area contributed by atoms with Crippen molar-refractivity contribution < 1.29 is 18.3 Å². The predicted octanol–water partition coefficient (Wildman–Crippen LogP) is 3.11. The van der Waals surface area contributed by atoms with Crippen molar-refractivity contribution in [1.29, 1.82) is 0 Å². The van der Waals surface area contributed by atoms with Gasteiger partial charge in [-0.15, -0.1) is 0 Å². The summed E-state index contributed by atoms with van der Waals surface area (Å²) in [4.78, 5) is 14.8. The molecule has 0 aliphatic carbocycles. The largest absolute Gasteiger partial charge is 0.478 e. The van der Waals surface area contributed by atoms with Gasteiger partial charge in [-0.1, -0.05) is 15.9 Å². The van der Waals surface area contributed by atoms with Gasteiger partial charge in [0.2, 0.25) is 0 Å². The van der Waals surface area contributed by atoms with Crippen molar-refractivity contribution >= 4 is 53.7 Å². The van der Waals surface area contributed by atoms with Gasteiger partial charge in [0, 0.05) is 15.1 Å². The first-order valence-electron chi connectivity index (χ1n) is 5.47. The van der Waals surface area contributed by atoms with E-state index < -0.39 is 16.0 Å². The standard InChI is InChI=1S/C12H8Br2N2O4S/c13-7-3-4-10(9(14)6-7)21(19,20)16-11-8(12(17)18)2-1-5-15-11/h1-6H,(H,15,16)(H,17,18). The Hall–Kier alpha value is -1.45. The fourth-order valence-electron chi connectivity index (χ4n) is 1.53. The highest BCUT2D eigenvalue weighted by Gasteiger charge is 2.21. The zero-order valence-corrected chi connectivity index (χ0v) is 14.2. The molecule has 2 aromatic rings. The molecule has 21 heavy (non-hydrogen) atoms. The Labute approximate surface area is 137 Å². The van der Waals surface area contributed by atoms with Crippen molar-refractivity contribution in [3.05, 3.63) is 51.0 Å². The first-order chi connectivity index (χ1) is 9.81. The molecule has 0 amide bonds. The third kappa shape index (κ3) is 3.60. The monoisotopic (exact) mass is 434 g/mol. The molecule has 0 saturated heterocycles. The lowest BCUT2D eigenvalue weighted by atomic mass is 10.3. The van der Waals surface area contributed by atoms with Crippen LogP contribution in [0.4, 0.5) is 5.82 Å². The van der Waals surface area contributed by atoms with Crippen LogP contribution in [0.5, 0.6) is 0 Å². The van der Waals surface area contributed by atoms with Crippen molar-refractivity contribution in [1.82, 2.24) is 4.98 Å². The minimum atomic E-state index is -3.96. The van der Waals surface area contributed by atoms with E-state index in [2.05, 4.69) is 41.6 Å². The molecule has 0 aliphatic rings. The second-order valence-electron chi connectivity index (χ2n) is 3.88. The van der Waals surface area contributed by atoms with Gasteiger partial charge in [0.25, 0.3) is 10.0 Å². The van der Waals surface area contributed by atoms with Gasteiger partial charge < -0.3 is 5.11 Å². The zero-order chi connectivity index (χ0) is 15.6. The molecule has 1 heterocycles. The topological polar surface area (TPSA) is 96.4 Å². The first kappa shape index (κ1) is 15.9. The summed E-state index contributed by atoms with van der Waals surface area (Å²) in [5.41, 5.74) is -0.227. The third-order valence-corrected chi connectivity index (χ3v) is 5.26. The van der Waals surface area contributed by atoms with E-state index in [9.17, 15) is 13.2 Å². The number of sulfonamides is 1. The number of carboxylic acid groups (broad SMARTS) is 1. The number of carbonyl (C=O) groups is 1. The molecule has 2 rings (SSSR count). The van der Waals surface area contributed by atoms with E-state index >= 15 is 0 Å². The van der Waals surface area contributed by atoms with Crippen LogP contribution in [0, 0.1) is 0 Å². The lowest BCUT2D eigenvalue weighted by Gasteiger charge is -2.10. The SMILES string of the molecule is O=C(O)c1cccnc1NS(=O)(=O)c1ccc(Br)cc1Br. The number of anilines is 1. The molecule has 1 aromatic carbocycles. The number of benzene rings is 1. The van der Waals surface area contributed by atoms with E-state index in [0.29, 0.717) is 8.95 Å². The minimum absolute atomic E-state index is 0.0207. The van der Waals surface area contributed by atoms with Crippen molar-refractivity contribution in [3.8, 4) is 0 Å². The number of hydrogen-bond acceptors (Lipinski definition) is 4. The Morgan fingerprint density at radius 3 is 2.57 bits per heavy atom. The van der Waals surface area contributed by atoms with Crippen LogP contribution in [0.25, 0.3) is 0 Å². The molecule has 0 fully saturated rings. The molecule has 6 nitrogen and oxygen atoms in total. The van der Waals surface area contributed by atoms with Gasteiger partial charge in [-0.2, -0.15) is 0 Å². The Balaban J connectivity index is 2.45. The second-order valence-corrected chi connectivity index (χ2v) is 7.31. The highest BCUT2D eigenvalue weighted by atomic mass is 79.9. The fourth-order valence-corrected chi connectivity index (χ4v) is 4.31. The Morgan fingerprint density at radius 1 is 1.24 bits per heavy atom. The van der Waals surface area contributed by atoms with Gasteiger partial charge in [-0.3, -0.25) is 4.72 Å². The van der Waals surface area contributed by atoms with Crippen LogP contribution >= 0.6 is 31.9 Å². The molecule has 9 heteroatoms. The van der Waals surface area contributed by atoms with Crippen molar-refractivity contribution in [2.24, 2.45) is 0 Å². The molecule has 0 aliphatic heterocycles. The maximum Gasteiger partial charge on any atom is 0.339 e. The quantitative estimate of drug-likeness (QED) is 0.768. The summed E-state index contributed by atoms with van der Waals surface area (Å²) in [6, 6.07) is 7.21. The number of nitrogens with zero attached hydrogens (tertiary/aromatic N) is 1. The normalized spacial score (nSPS) is 11.1. The fraction of sp³-hybridized carbons (Fsp3) is 0. The lowest BCUT2D eigenvalue weighted by molar-refractivity contribution is 0.0697. The Morgan fingerprint density at radius 2 is 1.95 bits per heavy atom. The lowest BCUT2D eigenvalue weighted by Crippen LogP contribution is -2.17. The predicted molar refractivity (Wildman–Crippen MR) is 83.8 cm³/mol. The summed E-state index contributed by atoms with van der Waals surface area (Å²) in [5.74, 6) is -1.50. The van der Waals surface area contributed by atoms with Crippen LogP contribution in [0.15, 0.2) is 50.4 Å². The van der Waals surface area contributed by atoms with Gasteiger partial charge in [0.15, 0.2) is 5.82 Å². The molecule has 0 unspecified atom stereocenters. The van der Waals surface area contributed by atoms with E-state index in [1.54, 1.807) is 12.1 Å². The number of aromatic carboxylic acids is 1. The summed E-state index contributed by atoms with van der Waals surface area (Å²) in [7, 11) is -3.96. The van der Waals surface area contributed by atoms with Crippen LogP contribution in [0.2, 0.25) is 0 Å². The number of pyridine rings is 1. The number of carboxylic acids is 1. The van der Waals surface area contributed by atoms with Crippen LogP contribution < -0.4 is 4.72 Å². The van der Waals surface area contributed by atoms with Gasteiger partial charge in [0.05, 0.1) is 0 Å². The van der Waals surface area contributed by atoms with Crippen LogP contribution in [0.1, 0.15) is 10.4 Å². The third-order valence-electron chi connectivity index (χ3n) is 2.45. The van der Waals surface area contributed by atoms with Gasteiger partial charge in [-0.25, -0.2) is 18.2 Å². The minimum Gasteiger partial charge on any atom is -0.478 e. The van der Waals surface area contributed by atoms with Crippen molar-refractivity contribution in [2.45, 2.75) is 4.90 Å². The van der Waals surface area contributed by atoms with E-state index in [4.69, 9.17) is 5.11 Å². The number of rotatable bonds is 4. The Kier molecular flexibility index (Phi) is 4.64. The van der Waals surface area contributed by atoms with E-state index in [1.165, 1.54) is 24.4 Å².